The molecule has 1 aromatic rings. The maximum atomic E-state index is 12.8. The van der Waals surface area contributed by atoms with E-state index in [4.69, 9.17) is 5.11 Å². The zero-order valence-corrected chi connectivity index (χ0v) is 6.60. The topological polar surface area (TPSA) is 37.3 Å². The van der Waals surface area contributed by atoms with Gasteiger partial charge in [-0.1, -0.05) is 0 Å². The van der Waals surface area contributed by atoms with Crippen LogP contribution in [0.25, 0.3) is 0 Å². The first-order valence-corrected chi connectivity index (χ1v) is 3.44. The number of carboxylic acid groups (broad SMARTS) is 1. The largest absolute Gasteiger partial charge is 0.477 e. The van der Waals surface area contributed by atoms with Crippen LogP contribution in [-0.2, 0) is 0 Å². The average molecular weight is 208 g/mol. The summed E-state index contributed by atoms with van der Waals surface area (Å²) in [5.74, 6) is -4.85. The molecule has 0 spiro atoms. The molecule has 0 bridgehead atoms. The van der Waals surface area contributed by atoms with E-state index in [1.54, 1.807) is 0 Å². The van der Waals surface area contributed by atoms with Crippen LogP contribution in [-0.4, -0.2) is 11.1 Å². The van der Waals surface area contributed by atoms with Gasteiger partial charge in [-0.05, 0) is 12.1 Å². The standard InChI is InChI=1S/C8H4F4O2/c9-4-1-3(7(11)12)2-5(10)6(4)8(13)14/h1-2,7H,(H,13,14). The Morgan fingerprint density at radius 3 is 1.93 bits per heavy atom. The van der Waals surface area contributed by atoms with Crippen molar-refractivity contribution in [2.75, 3.05) is 0 Å². The zero-order valence-electron chi connectivity index (χ0n) is 6.60. The van der Waals surface area contributed by atoms with Crippen LogP contribution in [0.2, 0.25) is 0 Å². The number of carbonyl (C=O) groups is 1. The summed E-state index contributed by atoms with van der Waals surface area (Å²) >= 11 is 0. The Morgan fingerprint density at radius 2 is 1.64 bits per heavy atom. The second-order valence-corrected chi connectivity index (χ2v) is 2.47. The molecule has 2 nitrogen and oxygen atoms in total. The third-order valence-corrected chi connectivity index (χ3v) is 1.53. The monoisotopic (exact) mass is 208 g/mol. The van der Waals surface area contributed by atoms with E-state index in [0.29, 0.717) is 12.1 Å². The van der Waals surface area contributed by atoms with Crippen molar-refractivity contribution in [2.24, 2.45) is 0 Å². The molecular weight excluding hydrogens is 204 g/mol. The summed E-state index contributed by atoms with van der Waals surface area (Å²) in [5, 5.41) is 8.31. The number of carboxylic acids is 1. The van der Waals surface area contributed by atoms with Crippen LogP contribution >= 0.6 is 0 Å². The molecule has 1 N–H and O–H groups in total. The van der Waals surface area contributed by atoms with Crippen molar-refractivity contribution in [3.63, 3.8) is 0 Å². The van der Waals surface area contributed by atoms with Crippen molar-refractivity contribution in [3.05, 3.63) is 34.9 Å². The van der Waals surface area contributed by atoms with Crippen LogP contribution < -0.4 is 0 Å². The Kier molecular flexibility index (Phi) is 2.73. The summed E-state index contributed by atoms with van der Waals surface area (Å²) in [7, 11) is 0. The number of benzene rings is 1. The number of rotatable bonds is 2. The Hall–Kier alpha value is -1.59. The van der Waals surface area contributed by atoms with Crippen molar-refractivity contribution in [3.8, 4) is 0 Å². The summed E-state index contributed by atoms with van der Waals surface area (Å²) in [6, 6.07) is 0.606. The van der Waals surface area contributed by atoms with Gasteiger partial charge in [-0.15, -0.1) is 0 Å². The van der Waals surface area contributed by atoms with Gasteiger partial charge in [-0.25, -0.2) is 22.4 Å². The Bertz CT molecular complexity index is 353. The van der Waals surface area contributed by atoms with Crippen molar-refractivity contribution in [1.82, 2.24) is 0 Å². The van der Waals surface area contributed by atoms with Gasteiger partial charge in [-0.3, -0.25) is 0 Å². The lowest BCUT2D eigenvalue weighted by molar-refractivity contribution is 0.0685. The van der Waals surface area contributed by atoms with E-state index in [-0.39, 0.29) is 0 Å². The van der Waals surface area contributed by atoms with Gasteiger partial charge < -0.3 is 5.11 Å². The third-order valence-electron chi connectivity index (χ3n) is 1.53. The van der Waals surface area contributed by atoms with Crippen LogP contribution in [0.3, 0.4) is 0 Å². The molecule has 14 heavy (non-hydrogen) atoms. The van der Waals surface area contributed by atoms with E-state index in [0.717, 1.165) is 0 Å². The lowest BCUT2D eigenvalue weighted by Gasteiger charge is -2.03. The van der Waals surface area contributed by atoms with E-state index < -0.39 is 35.2 Å². The van der Waals surface area contributed by atoms with Gasteiger partial charge in [-0.2, -0.15) is 0 Å². The molecule has 0 saturated heterocycles. The fourth-order valence-electron chi connectivity index (χ4n) is 0.923. The first-order chi connectivity index (χ1) is 6.43. The van der Waals surface area contributed by atoms with Crippen LogP contribution in [0, 0.1) is 11.6 Å². The van der Waals surface area contributed by atoms with Gasteiger partial charge >= 0.3 is 5.97 Å². The molecule has 0 aliphatic heterocycles. The highest BCUT2D eigenvalue weighted by atomic mass is 19.3. The van der Waals surface area contributed by atoms with Crippen molar-refractivity contribution in [1.29, 1.82) is 0 Å². The van der Waals surface area contributed by atoms with E-state index in [1.165, 1.54) is 0 Å². The molecular formula is C8H4F4O2. The summed E-state index contributed by atoms with van der Waals surface area (Å²) < 4.78 is 49.5. The fraction of sp³-hybridized carbons (Fsp3) is 0.125. The molecule has 0 aromatic heterocycles. The number of hydrogen-bond donors (Lipinski definition) is 1. The highest BCUT2D eigenvalue weighted by Crippen LogP contribution is 2.23. The number of hydrogen-bond acceptors (Lipinski definition) is 1. The maximum Gasteiger partial charge on any atom is 0.341 e. The predicted octanol–water partition coefficient (Wildman–Crippen LogP) is 2.60. The molecule has 76 valence electrons. The smallest absolute Gasteiger partial charge is 0.341 e. The zero-order chi connectivity index (χ0) is 10.9. The van der Waals surface area contributed by atoms with E-state index in [2.05, 4.69) is 0 Å². The third kappa shape index (κ3) is 1.84. The van der Waals surface area contributed by atoms with Crippen molar-refractivity contribution in [2.45, 2.75) is 6.43 Å². The minimum Gasteiger partial charge on any atom is -0.477 e. The van der Waals surface area contributed by atoms with E-state index >= 15 is 0 Å². The second-order valence-electron chi connectivity index (χ2n) is 2.47. The van der Waals surface area contributed by atoms with Gasteiger partial charge in [0.05, 0.1) is 0 Å². The number of aromatic carboxylic acids is 1. The minimum absolute atomic E-state index is 0.303. The van der Waals surface area contributed by atoms with E-state index in [1.807, 2.05) is 0 Å². The Labute approximate surface area is 75.8 Å². The Morgan fingerprint density at radius 1 is 1.21 bits per heavy atom. The summed E-state index contributed by atoms with van der Waals surface area (Å²) in [4.78, 5) is 10.3. The second kappa shape index (κ2) is 3.65. The summed E-state index contributed by atoms with van der Waals surface area (Å²) in [6.07, 6.45) is -3.04. The quantitative estimate of drug-likeness (QED) is 0.758. The van der Waals surface area contributed by atoms with E-state index in [9.17, 15) is 22.4 Å². The number of halogens is 4. The molecule has 0 aliphatic carbocycles. The van der Waals surface area contributed by atoms with Crippen LogP contribution in [0.1, 0.15) is 22.3 Å². The van der Waals surface area contributed by atoms with Crippen LogP contribution in [0.15, 0.2) is 12.1 Å². The molecule has 1 aromatic carbocycles. The fourth-order valence-corrected chi connectivity index (χ4v) is 0.923. The van der Waals surface area contributed by atoms with Crippen molar-refractivity contribution >= 4 is 5.97 Å². The van der Waals surface area contributed by atoms with Crippen molar-refractivity contribution < 1.29 is 27.5 Å². The minimum atomic E-state index is -3.04. The summed E-state index contributed by atoms with van der Waals surface area (Å²) in [6.45, 7) is 0. The highest BCUT2D eigenvalue weighted by molar-refractivity contribution is 5.88. The van der Waals surface area contributed by atoms with Gasteiger partial charge in [0.2, 0.25) is 0 Å². The molecule has 6 heteroatoms. The Balaban J connectivity index is 3.32. The lowest BCUT2D eigenvalue weighted by Crippen LogP contribution is -2.05. The first-order valence-electron chi connectivity index (χ1n) is 3.44. The van der Waals surface area contributed by atoms with Crippen LogP contribution in [0.5, 0.6) is 0 Å². The maximum absolute atomic E-state index is 12.8. The molecule has 0 atom stereocenters. The SMILES string of the molecule is O=C(O)c1c(F)cc(C(F)F)cc1F. The molecule has 1 rings (SSSR count). The van der Waals surface area contributed by atoms with Gasteiger partial charge in [0.1, 0.15) is 17.2 Å². The normalized spacial score (nSPS) is 10.6. The predicted molar refractivity (Wildman–Crippen MR) is 38.3 cm³/mol. The molecule has 0 saturated carbocycles. The molecule has 0 unspecified atom stereocenters. The van der Waals surface area contributed by atoms with Gasteiger partial charge in [0.25, 0.3) is 6.43 Å². The number of alkyl halides is 2. The highest BCUT2D eigenvalue weighted by Gasteiger charge is 2.20. The van der Waals surface area contributed by atoms with Gasteiger partial charge in [0, 0.05) is 5.56 Å². The van der Waals surface area contributed by atoms with Crippen LogP contribution in [0.4, 0.5) is 17.6 Å². The average Bonchev–Trinajstić information content (AvgIpc) is 2.01. The van der Waals surface area contributed by atoms with Gasteiger partial charge in [0.15, 0.2) is 0 Å². The molecule has 0 fully saturated rings. The molecule has 0 heterocycles. The first kappa shape index (κ1) is 10.5. The lowest BCUT2D eigenvalue weighted by atomic mass is 10.1. The molecule has 0 amide bonds. The molecule has 0 radical (unpaired) electrons. The molecule has 0 aliphatic rings. The summed E-state index contributed by atoms with van der Waals surface area (Å²) in [5.41, 5.74) is -2.11.